The number of hydrogen-bond donors (Lipinski definition) is 0. The Morgan fingerprint density at radius 2 is 2.04 bits per heavy atom. The smallest absolute Gasteiger partial charge is 0.338 e. The van der Waals surface area contributed by atoms with Crippen LogP contribution in [0, 0.1) is 0 Å². The lowest BCUT2D eigenvalue weighted by atomic mass is 10.2. The molecule has 1 heterocycles. The molecule has 24 heavy (non-hydrogen) atoms. The maximum Gasteiger partial charge on any atom is 0.338 e. The fourth-order valence-electron chi connectivity index (χ4n) is 2.06. The van der Waals surface area contributed by atoms with Crippen molar-refractivity contribution >= 4 is 23.2 Å². The van der Waals surface area contributed by atoms with Gasteiger partial charge in [-0.3, -0.25) is 4.79 Å². The van der Waals surface area contributed by atoms with Crippen molar-refractivity contribution in [2.24, 2.45) is 0 Å². The number of likely N-dealkylation sites (N-methyl/N-ethyl adjacent to an activating group) is 1. The molecule has 2 aromatic rings. The van der Waals surface area contributed by atoms with Gasteiger partial charge in [-0.1, -0.05) is 6.07 Å². The molecule has 0 atom stereocenters. The third-order valence-electron chi connectivity index (χ3n) is 3.38. The van der Waals surface area contributed by atoms with Crippen molar-refractivity contribution < 1.29 is 19.1 Å². The SMILES string of the molecule is CCN(CC)C(=O)COC(=O)c1cccc(OCc2cscn2)c1. The maximum absolute atomic E-state index is 12.1. The summed E-state index contributed by atoms with van der Waals surface area (Å²) >= 11 is 1.50. The van der Waals surface area contributed by atoms with E-state index in [0.29, 0.717) is 31.0 Å². The van der Waals surface area contributed by atoms with Crippen molar-refractivity contribution in [2.75, 3.05) is 19.7 Å². The molecule has 0 aliphatic carbocycles. The normalized spacial score (nSPS) is 10.2. The third-order valence-corrected chi connectivity index (χ3v) is 4.02. The zero-order valence-corrected chi connectivity index (χ0v) is 14.5. The number of thiazole rings is 1. The van der Waals surface area contributed by atoms with Crippen LogP contribution in [0.25, 0.3) is 0 Å². The van der Waals surface area contributed by atoms with Gasteiger partial charge in [0.25, 0.3) is 5.91 Å². The molecule has 2 rings (SSSR count). The fraction of sp³-hybridized carbons (Fsp3) is 0.353. The Labute approximate surface area is 145 Å². The van der Waals surface area contributed by atoms with Crippen LogP contribution in [0.2, 0.25) is 0 Å². The number of nitrogens with zero attached hydrogens (tertiary/aromatic N) is 2. The first-order valence-corrected chi connectivity index (χ1v) is 8.63. The second-order valence-corrected chi connectivity index (χ2v) is 5.66. The van der Waals surface area contributed by atoms with Gasteiger partial charge in [0.05, 0.1) is 16.8 Å². The summed E-state index contributed by atoms with van der Waals surface area (Å²) in [6.45, 7) is 5.02. The molecule has 1 amide bonds. The molecule has 1 aromatic heterocycles. The quantitative estimate of drug-likeness (QED) is 0.686. The van der Waals surface area contributed by atoms with Gasteiger partial charge in [-0.05, 0) is 32.0 Å². The topological polar surface area (TPSA) is 68.7 Å². The molecule has 0 aliphatic rings. The molecule has 1 aromatic carbocycles. The van der Waals surface area contributed by atoms with Gasteiger partial charge in [0.1, 0.15) is 12.4 Å². The van der Waals surface area contributed by atoms with Crippen LogP contribution in [0.15, 0.2) is 35.2 Å². The molecule has 7 heteroatoms. The molecule has 0 radical (unpaired) electrons. The maximum atomic E-state index is 12.1. The summed E-state index contributed by atoms with van der Waals surface area (Å²) in [4.78, 5) is 29.7. The predicted octanol–water partition coefficient (Wildman–Crippen LogP) is 2.75. The lowest BCUT2D eigenvalue weighted by molar-refractivity contribution is -0.134. The molecule has 0 saturated carbocycles. The number of hydrogen-bond acceptors (Lipinski definition) is 6. The number of carbonyl (C=O) groups is 2. The summed E-state index contributed by atoms with van der Waals surface area (Å²) in [6, 6.07) is 6.68. The number of rotatable bonds is 8. The lowest BCUT2D eigenvalue weighted by Gasteiger charge is -2.18. The largest absolute Gasteiger partial charge is 0.487 e. The van der Waals surface area contributed by atoms with Gasteiger partial charge in [0.15, 0.2) is 6.61 Å². The van der Waals surface area contributed by atoms with Crippen molar-refractivity contribution in [1.82, 2.24) is 9.88 Å². The Hall–Kier alpha value is -2.41. The van der Waals surface area contributed by atoms with Gasteiger partial charge in [0, 0.05) is 18.5 Å². The van der Waals surface area contributed by atoms with Crippen LogP contribution >= 0.6 is 11.3 Å². The Morgan fingerprint density at radius 1 is 1.25 bits per heavy atom. The van der Waals surface area contributed by atoms with E-state index in [2.05, 4.69) is 4.98 Å². The van der Waals surface area contributed by atoms with Gasteiger partial charge in [-0.2, -0.15) is 0 Å². The summed E-state index contributed by atoms with van der Waals surface area (Å²) < 4.78 is 10.7. The van der Waals surface area contributed by atoms with E-state index >= 15 is 0 Å². The van der Waals surface area contributed by atoms with E-state index < -0.39 is 5.97 Å². The molecule has 0 bridgehead atoms. The number of ether oxygens (including phenoxy) is 2. The van der Waals surface area contributed by atoms with Crippen molar-refractivity contribution in [3.05, 3.63) is 46.4 Å². The molecular weight excluding hydrogens is 328 g/mol. The number of carbonyl (C=O) groups excluding carboxylic acids is 2. The average Bonchev–Trinajstić information content (AvgIpc) is 3.12. The molecule has 128 valence electrons. The summed E-state index contributed by atoms with van der Waals surface area (Å²) in [5.74, 6) is -0.202. The molecule has 0 fully saturated rings. The highest BCUT2D eigenvalue weighted by atomic mass is 32.1. The third kappa shape index (κ3) is 5.06. The van der Waals surface area contributed by atoms with Gasteiger partial charge in [-0.15, -0.1) is 11.3 Å². The highest BCUT2D eigenvalue weighted by Gasteiger charge is 2.14. The highest BCUT2D eigenvalue weighted by Crippen LogP contribution is 2.16. The van der Waals surface area contributed by atoms with E-state index in [1.165, 1.54) is 11.3 Å². The first-order chi connectivity index (χ1) is 11.6. The van der Waals surface area contributed by atoms with E-state index in [0.717, 1.165) is 5.69 Å². The van der Waals surface area contributed by atoms with E-state index in [-0.39, 0.29) is 12.5 Å². The molecule has 0 aliphatic heterocycles. The minimum atomic E-state index is -0.547. The molecular formula is C17H20N2O4S. The summed E-state index contributed by atoms with van der Waals surface area (Å²) in [6.07, 6.45) is 0. The second-order valence-electron chi connectivity index (χ2n) is 4.94. The predicted molar refractivity (Wildman–Crippen MR) is 91.1 cm³/mol. The van der Waals surface area contributed by atoms with Crippen LogP contribution in [0.3, 0.4) is 0 Å². The number of benzene rings is 1. The summed E-state index contributed by atoms with van der Waals surface area (Å²) in [5, 5.41) is 1.90. The zero-order valence-electron chi connectivity index (χ0n) is 13.7. The monoisotopic (exact) mass is 348 g/mol. The van der Waals surface area contributed by atoms with Crippen LogP contribution in [-0.4, -0.2) is 41.5 Å². The first kappa shape index (κ1) is 17.9. The van der Waals surface area contributed by atoms with E-state index in [4.69, 9.17) is 9.47 Å². The van der Waals surface area contributed by atoms with Crippen LogP contribution in [-0.2, 0) is 16.1 Å². The van der Waals surface area contributed by atoms with Crippen molar-refractivity contribution in [2.45, 2.75) is 20.5 Å². The molecule has 0 unspecified atom stereocenters. The average molecular weight is 348 g/mol. The van der Waals surface area contributed by atoms with Crippen LogP contribution in [0.4, 0.5) is 0 Å². The highest BCUT2D eigenvalue weighted by molar-refractivity contribution is 7.07. The fourth-order valence-corrected chi connectivity index (χ4v) is 2.60. The minimum Gasteiger partial charge on any atom is -0.487 e. The van der Waals surface area contributed by atoms with Crippen molar-refractivity contribution in [3.8, 4) is 5.75 Å². The van der Waals surface area contributed by atoms with Crippen LogP contribution < -0.4 is 4.74 Å². The standard InChI is InChI=1S/C17H20N2O4S/c1-3-19(4-2)16(20)10-23-17(21)13-6-5-7-15(8-13)22-9-14-11-24-12-18-14/h5-8,11-12H,3-4,9-10H2,1-2H3. The number of esters is 1. The Kier molecular flexibility index (Phi) is 6.74. The van der Waals surface area contributed by atoms with E-state index in [1.807, 2.05) is 19.2 Å². The summed E-state index contributed by atoms with van der Waals surface area (Å²) in [7, 11) is 0. The molecule has 0 N–H and O–H groups in total. The first-order valence-electron chi connectivity index (χ1n) is 7.68. The molecule has 0 saturated heterocycles. The van der Waals surface area contributed by atoms with Crippen LogP contribution in [0.5, 0.6) is 5.75 Å². The van der Waals surface area contributed by atoms with Gasteiger partial charge in [0.2, 0.25) is 0 Å². The zero-order chi connectivity index (χ0) is 17.4. The molecule has 0 spiro atoms. The van der Waals surface area contributed by atoms with Gasteiger partial charge in [-0.25, -0.2) is 9.78 Å². The van der Waals surface area contributed by atoms with E-state index in [1.54, 1.807) is 34.7 Å². The molecule has 6 nitrogen and oxygen atoms in total. The number of aromatic nitrogens is 1. The Balaban J connectivity index is 1.90. The van der Waals surface area contributed by atoms with Crippen molar-refractivity contribution in [3.63, 3.8) is 0 Å². The summed E-state index contributed by atoms with van der Waals surface area (Å²) in [5.41, 5.74) is 2.91. The lowest BCUT2D eigenvalue weighted by Crippen LogP contribution is -2.34. The Bertz CT molecular complexity index is 669. The number of amides is 1. The Morgan fingerprint density at radius 3 is 2.71 bits per heavy atom. The van der Waals surface area contributed by atoms with Gasteiger partial charge < -0.3 is 14.4 Å². The minimum absolute atomic E-state index is 0.204. The van der Waals surface area contributed by atoms with Crippen LogP contribution in [0.1, 0.15) is 29.9 Å². The van der Waals surface area contributed by atoms with Crippen molar-refractivity contribution in [1.29, 1.82) is 0 Å². The van der Waals surface area contributed by atoms with Gasteiger partial charge >= 0.3 is 5.97 Å². The second kappa shape index (κ2) is 9.02. The van der Waals surface area contributed by atoms with E-state index in [9.17, 15) is 9.59 Å².